The molecule has 3 fully saturated rings. The fourth-order valence-electron chi connectivity index (χ4n) is 5.71. The summed E-state index contributed by atoms with van der Waals surface area (Å²) in [6.07, 6.45) is 4.05. The maximum absolute atomic E-state index is 13.4. The number of amides is 5. The fraction of sp³-hybridized carbons (Fsp3) is 0.483. The molecule has 2 aromatic carbocycles. The summed E-state index contributed by atoms with van der Waals surface area (Å²) in [5, 5.41) is 6.25. The maximum atomic E-state index is 13.4. The molecular formula is C29H37N5O4. The number of hydrogen-bond donors (Lipinski definition) is 2. The standard InChI is InChI=1S/C29H37N5O4/c1-38-24-11-9-22(10-12-24)21-34-26(35)29(31-28(34)37)14-19-32(20-15-29)18-13-25(23-7-3-2-4-8-23)30-27(36)33-16-5-6-17-33/h2-4,7-12,25H,5-6,13-21H2,1H3,(H,30,36)(H,31,37)/t25-/m0/s1. The first-order chi connectivity index (χ1) is 18.5. The Morgan fingerprint density at radius 3 is 2.34 bits per heavy atom. The Morgan fingerprint density at radius 1 is 1.00 bits per heavy atom. The maximum Gasteiger partial charge on any atom is 0.325 e. The number of imide groups is 1. The highest BCUT2D eigenvalue weighted by Crippen LogP contribution is 2.31. The molecule has 0 radical (unpaired) electrons. The van der Waals surface area contributed by atoms with Crippen molar-refractivity contribution in [1.82, 2.24) is 25.3 Å². The fourth-order valence-corrected chi connectivity index (χ4v) is 5.71. The molecule has 2 aromatic rings. The average molecular weight is 520 g/mol. The van der Waals surface area contributed by atoms with Gasteiger partial charge < -0.3 is 25.2 Å². The number of nitrogens with zero attached hydrogens (tertiary/aromatic N) is 3. The van der Waals surface area contributed by atoms with E-state index in [2.05, 4.69) is 27.7 Å². The molecular weight excluding hydrogens is 482 g/mol. The first-order valence-corrected chi connectivity index (χ1v) is 13.6. The summed E-state index contributed by atoms with van der Waals surface area (Å²) in [6, 6.07) is 17.1. The van der Waals surface area contributed by atoms with Gasteiger partial charge in [0.1, 0.15) is 11.3 Å². The van der Waals surface area contributed by atoms with Gasteiger partial charge in [-0.1, -0.05) is 42.5 Å². The van der Waals surface area contributed by atoms with Crippen LogP contribution in [0, 0.1) is 0 Å². The third-order valence-electron chi connectivity index (χ3n) is 8.08. The molecule has 0 aromatic heterocycles. The van der Waals surface area contributed by atoms with E-state index < -0.39 is 5.54 Å². The van der Waals surface area contributed by atoms with Crippen LogP contribution in [0.25, 0.3) is 0 Å². The first kappa shape index (κ1) is 26.0. The zero-order valence-electron chi connectivity index (χ0n) is 22.0. The molecule has 0 aliphatic carbocycles. The van der Waals surface area contributed by atoms with Gasteiger partial charge in [-0.15, -0.1) is 0 Å². The van der Waals surface area contributed by atoms with Crippen molar-refractivity contribution in [2.24, 2.45) is 0 Å². The van der Waals surface area contributed by atoms with Gasteiger partial charge >= 0.3 is 12.1 Å². The van der Waals surface area contributed by atoms with Crippen molar-refractivity contribution < 1.29 is 19.1 Å². The summed E-state index contributed by atoms with van der Waals surface area (Å²) >= 11 is 0. The van der Waals surface area contributed by atoms with Crippen LogP contribution < -0.4 is 15.4 Å². The predicted molar refractivity (Wildman–Crippen MR) is 144 cm³/mol. The van der Waals surface area contributed by atoms with Gasteiger partial charge in [0.25, 0.3) is 5.91 Å². The minimum Gasteiger partial charge on any atom is -0.497 e. The molecule has 5 amide bonds. The first-order valence-electron chi connectivity index (χ1n) is 13.6. The van der Waals surface area contributed by atoms with Gasteiger partial charge in [0, 0.05) is 32.7 Å². The lowest BCUT2D eigenvalue weighted by Gasteiger charge is -2.38. The molecule has 3 heterocycles. The second kappa shape index (κ2) is 11.4. The van der Waals surface area contributed by atoms with Gasteiger partial charge in [-0.2, -0.15) is 0 Å². The van der Waals surface area contributed by atoms with Crippen molar-refractivity contribution >= 4 is 18.0 Å². The Hall–Kier alpha value is -3.59. The number of piperidine rings is 1. The van der Waals surface area contributed by atoms with Gasteiger partial charge in [-0.3, -0.25) is 9.69 Å². The van der Waals surface area contributed by atoms with Crippen molar-refractivity contribution in [1.29, 1.82) is 0 Å². The highest BCUT2D eigenvalue weighted by molar-refractivity contribution is 6.07. The smallest absolute Gasteiger partial charge is 0.325 e. The average Bonchev–Trinajstić information content (AvgIpc) is 3.57. The Labute approximate surface area is 224 Å². The minimum absolute atomic E-state index is 0.00478. The highest BCUT2D eigenvalue weighted by Gasteiger charge is 2.52. The van der Waals surface area contributed by atoms with Crippen LogP contribution in [0.2, 0.25) is 0 Å². The van der Waals surface area contributed by atoms with Gasteiger partial charge in [0.15, 0.2) is 0 Å². The summed E-state index contributed by atoms with van der Waals surface area (Å²) in [6.45, 7) is 4.10. The zero-order chi connectivity index (χ0) is 26.5. The van der Waals surface area contributed by atoms with Gasteiger partial charge in [0.05, 0.1) is 19.7 Å². The topological polar surface area (TPSA) is 94.2 Å². The van der Waals surface area contributed by atoms with Crippen molar-refractivity contribution in [3.8, 4) is 5.75 Å². The van der Waals surface area contributed by atoms with E-state index in [1.807, 2.05) is 47.4 Å². The van der Waals surface area contributed by atoms with E-state index in [0.717, 1.165) is 55.8 Å². The van der Waals surface area contributed by atoms with Crippen LogP contribution in [0.4, 0.5) is 9.59 Å². The second-order valence-corrected chi connectivity index (χ2v) is 10.5. The molecule has 9 nitrogen and oxygen atoms in total. The Kier molecular flexibility index (Phi) is 7.83. The summed E-state index contributed by atoms with van der Waals surface area (Å²) in [5.41, 5.74) is 1.15. The largest absolute Gasteiger partial charge is 0.497 e. The third-order valence-corrected chi connectivity index (χ3v) is 8.08. The molecule has 0 saturated carbocycles. The lowest BCUT2D eigenvalue weighted by Crippen LogP contribution is -2.55. The molecule has 38 heavy (non-hydrogen) atoms. The van der Waals surface area contributed by atoms with Crippen LogP contribution >= 0.6 is 0 Å². The molecule has 1 atom stereocenters. The van der Waals surface area contributed by atoms with E-state index in [1.165, 1.54) is 4.90 Å². The van der Waals surface area contributed by atoms with E-state index in [-0.39, 0.29) is 30.6 Å². The van der Waals surface area contributed by atoms with E-state index in [9.17, 15) is 14.4 Å². The van der Waals surface area contributed by atoms with Crippen LogP contribution in [-0.2, 0) is 11.3 Å². The number of rotatable bonds is 8. The van der Waals surface area contributed by atoms with Gasteiger partial charge in [-0.25, -0.2) is 9.59 Å². The molecule has 0 bridgehead atoms. The SMILES string of the molecule is COc1ccc(CN2C(=O)NC3(CCN(CC[C@H](NC(=O)N4CCCC4)c4ccccc4)CC3)C2=O)cc1. The van der Waals surface area contributed by atoms with E-state index in [4.69, 9.17) is 4.74 Å². The van der Waals surface area contributed by atoms with Crippen molar-refractivity contribution in [3.05, 3.63) is 65.7 Å². The number of carbonyl (C=O) groups excluding carboxylic acids is 3. The zero-order valence-corrected chi connectivity index (χ0v) is 22.0. The normalized spacial score (nSPS) is 20.0. The Balaban J connectivity index is 1.16. The van der Waals surface area contributed by atoms with Crippen LogP contribution in [-0.4, -0.2) is 78.0 Å². The number of benzene rings is 2. The number of ether oxygens (including phenoxy) is 1. The number of urea groups is 2. The molecule has 3 aliphatic rings. The Morgan fingerprint density at radius 2 is 1.68 bits per heavy atom. The molecule has 2 N–H and O–H groups in total. The number of carbonyl (C=O) groups is 3. The van der Waals surface area contributed by atoms with Crippen LogP contribution in [0.1, 0.15) is 49.3 Å². The summed E-state index contributed by atoms with van der Waals surface area (Å²) in [7, 11) is 1.61. The summed E-state index contributed by atoms with van der Waals surface area (Å²) in [5.74, 6) is 0.595. The summed E-state index contributed by atoms with van der Waals surface area (Å²) < 4.78 is 5.20. The number of methoxy groups -OCH3 is 1. The van der Waals surface area contributed by atoms with Crippen LogP contribution in [0.3, 0.4) is 0 Å². The molecule has 0 unspecified atom stereocenters. The van der Waals surface area contributed by atoms with Gasteiger partial charge in [-0.05, 0) is 55.4 Å². The van der Waals surface area contributed by atoms with Crippen molar-refractivity contribution in [2.75, 3.05) is 39.8 Å². The molecule has 202 valence electrons. The lowest BCUT2D eigenvalue weighted by molar-refractivity contribution is -0.133. The number of hydrogen-bond acceptors (Lipinski definition) is 5. The third kappa shape index (κ3) is 5.62. The van der Waals surface area contributed by atoms with E-state index in [1.54, 1.807) is 7.11 Å². The van der Waals surface area contributed by atoms with Crippen LogP contribution in [0.5, 0.6) is 5.75 Å². The predicted octanol–water partition coefficient (Wildman–Crippen LogP) is 3.52. The highest BCUT2D eigenvalue weighted by atomic mass is 16.5. The lowest BCUT2D eigenvalue weighted by atomic mass is 9.87. The number of likely N-dealkylation sites (tertiary alicyclic amines) is 2. The number of nitrogens with one attached hydrogen (secondary N) is 2. The van der Waals surface area contributed by atoms with E-state index >= 15 is 0 Å². The molecule has 3 saturated heterocycles. The quantitative estimate of drug-likeness (QED) is 0.521. The molecule has 1 spiro atoms. The van der Waals surface area contributed by atoms with Gasteiger partial charge in [0.2, 0.25) is 0 Å². The Bertz CT molecular complexity index is 1130. The molecule has 5 rings (SSSR count). The van der Waals surface area contributed by atoms with Crippen molar-refractivity contribution in [2.45, 2.75) is 50.2 Å². The minimum atomic E-state index is -0.831. The monoisotopic (exact) mass is 519 g/mol. The van der Waals surface area contributed by atoms with Crippen molar-refractivity contribution in [3.63, 3.8) is 0 Å². The van der Waals surface area contributed by atoms with Crippen LogP contribution in [0.15, 0.2) is 54.6 Å². The molecule has 3 aliphatic heterocycles. The second-order valence-electron chi connectivity index (χ2n) is 10.5. The summed E-state index contributed by atoms with van der Waals surface area (Å²) in [4.78, 5) is 44.5. The molecule has 9 heteroatoms. The van der Waals surface area contributed by atoms with E-state index in [0.29, 0.717) is 25.9 Å².